The summed E-state index contributed by atoms with van der Waals surface area (Å²) in [6.07, 6.45) is 4.05. The third kappa shape index (κ3) is 4.74. The van der Waals surface area contributed by atoms with Gasteiger partial charge in [-0.3, -0.25) is 14.8 Å². The van der Waals surface area contributed by atoms with Crippen LogP contribution >= 0.6 is 0 Å². The van der Waals surface area contributed by atoms with E-state index in [9.17, 15) is 4.79 Å². The maximum atomic E-state index is 10.5. The van der Waals surface area contributed by atoms with E-state index in [1.165, 1.54) is 17.4 Å². The molecule has 0 spiro atoms. The van der Waals surface area contributed by atoms with Crippen LogP contribution in [-0.2, 0) is 4.79 Å². The van der Waals surface area contributed by atoms with E-state index in [1.807, 2.05) is 13.8 Å². The maximum absolute atomic E-state index is 10.5. The molecule has 0 radical (unpaired) electrons. The standard InChI is InChI=1S/C14H22N6O2/c1-9(2)4-13(19-22)12(15)7-20(16)14-5-11(18-8-21)6-17-10(14)3/h5-9,22H,4,15-16H2,1-3H3,(H,18,21)/b12-7-,19-13-. The van der Waals surface area contributed by atoms with Crippen molar-refractivity contribution in [3.63, 3.8) is 0 Å². The Morgan fingerprint density at radius 2 is 2.27 bits per heavy atom. The van der Waals surface area contributed by atoms with Gasteiger partial charge in [0.1, 0.15) is 5.71 Å². The number of allylic oxidation sites excluding steroid dienone is 1. The van der Waals surface area contributed by atoms with E-state index in [4.69, 9.17) is 16.8 Å². The van der Waals surface area contributed by atoms with Crippen molar-refractivity contribution in [1.29, 1.82) is 0 Å². The number of hydrazine groups is 1. The minimum Gasteiger partial charge on any atom is -0.411 e. The normalized spacial score (nSPS) is 12.4. The van der Waals surface area contributed by atoms with Gasteiger partial charge in [0.05, 0.1) is 29.0 Å². The summed E-state index contributed by atoms with van der Waals surface area (Å²) in [5.41, 5.74) is 8.27. The van der Waals surface area contributed by atoms with E-state index in [1.54, 1.807) is 13.0 Å². The van der Waals surface area contributed by atoms with Gasteiger partial charge in [0.15, 0.2) is 0 Å². The zero-order chi connectivity index (χ0) is 16.7. The summed E-state index contributed by atoms with van der Waals surface area (Å²) in [5.74, 6) is 6.25. The summed E-state index contributed by atoms with van der Waals surface area (Å²) in [6, 6.07) is 1.67. The van der Waals surface area contributed by atoms with Crippen LogP contribution in [0.2, 0.25) is 0 Å². The molecule has 1 heterocycles. The predicted octanol–water partition coefficient (Wildman–Crippen LogP) is 1.31. The third-order valence-electron chi connectivity index (χ3n) is 2.90. The Hall–Kier alpha value is -2.61. The van der Waals surface area contributed by atoms with E-state index >= 15 is 0 Å². The van der Waals surface area contributed by atoms with Crippen LogP contribution in [0.1, 0.15) is 26.0 Å². The summed E-state index contributed by atoms with van der Waals surface area (Å²) in [7, 11) is 0. The Morgan fingerprint density at radius 1 is 1.59 bits per heavy atom. The van der Waals surface area contributed by atoms with E-state index in [0.717, 1.165) is 0 Å². The molecule has 1 rings (SSSR count). The van der Waals surface area contributed by atoms with Crippen LogP contribution in [0.15, 0.2) is 29.3 Å². The molecule has 0 fully saturated rings. The van der Waals surface area contributed by atoms with E-state index in [-0.39, 0.29) is 11.6 Å². The zero-order valence-corrected chi connectivity index (χ0v) is 12.9. The molecule has 1 aromatic heterocycles. The van der Waals surface area contributed by atoms with Crippen LogP contribution < -0.4 is 21.9 Å². The molecule has 0 unspecified atom stereocenters. The molecule has 0 bridgehead atoms. The molecular formula is C14H22N6O2. The first-order valence-electron chi connectivity index (χ1n) is 6.78. The number of oxime groups is 1. The molecule has 0 saturated carbocycles. The van der Waals surface area contributed by atoms with Gasteiger partial charge in [0.2, 0.25) is 6.41 Å². The summed E-state index contributed by atoms with van der Waals surface area (Å²) in [4.78, 5) is 14.6. The minimum absolute atomic E-state index is 0.256. The van der Waals surface area contributed by atoms with E-state index < -0.39 is 0 Å². The number of carbonyl (C=O) groups is 1. The minimum atomic E-state index is 0.256. The molecule has 0 aromatic carbocycles. The quantitative estimate of drug-likeness (QED) is 0.197. The molecule has 0 aliphatic carbocycles. The zero-order valence-electron chi connectivity index (χ0n) is 12.9. The fourth-order valence-corrected chi connectivity index (χ4v) is 1.83. The molecule has 22 heavy (non-hydrogen) atoms. The number of amides is 1. The molecule has 1 aromatic rings. The first kappa shape index (κ1) is 17.4. The average Bonchev–Trinajstić information content (AvgIpc) is 2.46. The van der Waals surface area contributed by atoms with Gasteiger partial charge in [0.25, 0.3) is 0 Å². The smallest absolute Gasteiger partial charge is 0.211 e. The maximum Gasteiger partial charge on any atom is 0.211 e. The third-order valence-corrected chi connectivity index (χ3v) is 2.90. The monoisotopic (exact) mass is 306 g/mol. The van der Waals surface area contributed by atoms with Crippen LogP contribution in [0.5, 0.6) is 0 Å². The fraction of sp³-hybridized carbons (Fsp3) is 0.357. The van der Waals surface area contributed by atoms with Crippen molar-refractivity contribution in [3.8, 4) is 0 Å². The number of rotatable bonds is 7. The Morgan fingerprint density at radius 3 is 2.82 bits per heavy atom. The second-order valence-corrected chi connectivity index (χ2v) is 5.23. The van der Waals surface area contributed by atoms with Crippen molar-refractivity contribution in [2.45, 2.75) is 27.2 Å². The molecule has 8 nitrogen and oxygen atoms in total. The fourth-order valence-electron chi connectivity index (χ4n) is 1.83. The van der Waals surface area contributed by atoms with Crippen LogP contribution in [-0.4, -0.2) is 22.3 Å². The first-order valence-corrected chi connectivity index (χ1v) is 6.78. The van der Waals surface area contributed by atoms with Crippen LogP contribution in [0.25, 0.3) is 0 Å². The molecule has 6 N–H and O–H groups in total. The highest BCUT2D eigenvalue weighted by Gasteiger charge is 2.11. The second-order valence-electron chi connectivity index (χ2n) is 5.23. The Bertz CT molecular complexity index is 583. The van der Waals surface area contributed by atoms with Gasteiger partial charge < -0.3 is 16.3 Å². The molecule has 0 aliphatic rings. The predicted molar refractivity (Wildman–Crippen MR) is 86.3 cm³/mol. The molecule has 0 aliphatic heterocycles. The van der Waals surface area contributed by atoms with E-state index in [2.05, 4.69) is 15.5 Å². The summed E-state index contributed by atoms with van der Waals surface area (Å²) < 4.78 is 0. The number of pyridine rings is 1. The van der Waals surface area contributed by atoms with Crippen molar-refractivity contribution in [3.05, 3.63) is 29.9 Å². The van der Waals surface area contributed by atoms with Gasteiger partial charge in [-0.2, -0.15) is 0 Å². The van der Waals surface area contributed by atoms with Crippen molar-refractivity contribution >= 4 is 23.5 Å². The number of nitrogens with zero attached hydrogens (tertiary/aromatic N) is 3. The highest BCUT2D eigenvalue weighted by atomic mass is 16.4. The van der Waals surface area contributed by atoms with Crippen molar-refractivity contribution in [2.24, 2.45) is 22.6 Å². The number of nitrogens with two attached hydrogens (primary N) is 2. The highest BCUT2D eigenvalue weighted by Crippen LogP contribution is 2.20. The molecule has 120 valence electrons. The van der Waals surface area contributed by atoms with Gasteiger partial charge in [-0.15, -0.1) is 0 Å². The molecule has 8 heteroatoms. The molecule has 0 saturated heterocycles. The topological polar surface area (TPSA) is 130 Å². The molecule has 1 amide bonds. The number of carbonyl (C=O) groups excluding carboxylic acids is 1. The summed E-state index contributed by atoms with van der Waals surface area (Å²) >= 11 is 0. The first-order chi connectivity index (χ1) is 10.4. The number of hydrogen-bond donors (Lipinski definition) is 4. The van der Waals surface area contributed by atoms with Crippen LogP contribution in [0, 0.1) is 12.8 Å². The lowest BCUT2D eigenvalue weighted by Crippen LogP contribution is -2.29. The number of hydrogen-bond acceptors (Lipinski definition) is 7. The lowest BCUT2D eigenvalue weighted by Gasteiger charge is -2.18. The van der Waals surface area contributed by atoms with Gasteiger partial charge in [0, 0.05) is 6.20 Å². The number of anilines is 2. The van der Waals surface area contributed by atoms with Crippen molar-refractivity contribution < 1.29 is 10.0 Å². The second kappa shape index (κ2) is 7.99. The SMILES string of the molecule is Cc1ncc(NC=O)cc1N(N)/C=C(N)/C(CC(C)C)=N\O. The Kier molecular flexibility index (Phi) is 6.33. The van der Waals surface area contributed by atoms with Crippen molar-refractivity contribution in [1.82, 2.24) is 4.98 Å². The van der Waals surface area contributed by atoms with Crippen molar-refractivity contribution in [2.75, 3.05) is 10.3 Å². The summed E-state index contributed by atoms with van der Waals surface area (Å²) in [6.45, 7) is 5.75. The lowest BCUT2D eigenvalue weighted by atomic mass is 10.1. The van der Waals surface area contributed by atoms with Crippen LogP contribution in [0.3, 0.4) is 0 Å². The Balaban J connectivity index is 3.04. The Labute approximate surface area is 129 Å². The summed E-state index contributed by atoms with van der Waals surface area (Å²) in [5, 5.41) is 16.0. The van der Waals surface area contributed by atoms with Gasteiger partial charge in [-0.05, 0) is 25.3 Å². The van der Waals surface area contributed by atoms with Gasteiger partial charge >= 0.3 is 0 Å². The molecular weight excluding hydrogens is 284 g/mol. The molecule has 0 atom stereocenters. The largest absolute Gasteiger partial charge is 0.411 e. The van der Waals surface area contributed by atoms with E-state index in [0.29, 0.717) is 35.6 Å². The average molecular weight is 306 g/mol. The lowest BCUT2D eigenvalue weighted by molar-refractivity contribution is -0.105. The van der Waals surface area contributed by atoms with Gasteiger partial charge in [-0.1, -0.05) is 19.0 Å². The highest BCUT2D eigenvalue weighted by molar-refractivity contribution is 5.99. The van der Waals surface area contributed by atoms with Gasteiger partial charge in [-0.25, -0.2) is 5.84 Å². The number of nitrogens with one attached hydrogen (secondary N) is 1. The van der Waals surface area contributed by atoms with Crippen LogP contribution in [0.4, 0.5) is 11.4 Å². The number of aromatic nitrogens is 1. The number of aryl methyl sites for hydroxylation is 1.